The number of pyridine rings is 2. The van der Waals surface area contributed by atoms with E-state index in [1.165, 1.54) is 4.40 Å². The van der Waals surface area contributed by atoms with Gasteiger partial charge in [0.05, 0.1) is 11.1 Å². The van der Waals surface area contributed by atoms with Gasteiger partial charge in [0.15, 0.2) is 5.82 Å². The third-order valence-corrected chi connectivity index (χ3v) is 4.71. The van der Waals surface area contributed by atoms with Gasteiger partial charge < -0.3 is 10.6 Å². The number of fused-ring (bicyclic) bond motifs is 1. The maximum Gasteiger partial charge on any atom is 0.362 e. The van der Waals surface area contributed by atoms with E-state index < -0.39 is 11.5 Å². The number of hydrogen-bond donors (Lipinski definition) is 2. The zero-order valence-corrected chi connectivity index (χ0v) is 14.1. The number of anilines is 1. The molecule has 1 aliphatic carbocycles. The average Bonchev–Trinajstić information content (AvgIpc) is 3.48. The molecular formula is C19H16N4O3. The van der Waals surface area contributed by atoms with Crippen LogP contribution in [0.1, 0.15) is 40.2 Å². The molecule has 0 unspecified atom stereocenters. The Labute approximate surface area is 149 Å². The van der Waals surface area contributed by atoms with Crippen molar-refractivity contribution in [3.05, 3.63) is 63.7 Å². The largest absolute Gasteiger partial charge is 0.377 e. The van der Waals surface area contributed by atoms with Crippen LogP contribution in [0.25, 0.3) is 16.6 Å². The van der Waals surface area contributed by atoms with Crippen LogP contribution in [0, 0.1) is 19.1 Å². The summed E-state index contributed by atoms with van der Waals surface area (Å²) >= 11 is 0. The minimum absolute atomic E-state index is 0.0619. The smallest absolute Gasteiger partial charge is 0.362 e. The molecule has 3 aromatic heterocycles. The number of hydrogen-bond acceptors (Lipinski definition) is 6. The van der Waals surface area contributed by atoms with Crippen LogP contribution in [-0.2, 0) is 4.84 Å². The SMILES string of the molecule is Cc1c(-c2c#cc(N)nc2)ccn2c(=O)c(C(=O)ON)cc(C3CC3)c12. The van der Waals surface area contributed by atoms with Crippen molar-refractivity contribution in [3.8, 4) is 11.1 Å². The zero-order valence-electron chi connectivity index (χ0n) is 14.1. The van der Waals surface area contributed by atoms with E-state index in [4.69, 9.17) is 11.6 Å². The van der Waals surface area contributed by atoms with Crippen molar-refractivity contribution in [3.63, 3.8) is 0 Å². The van der Waals surface area contributed by atoms with Gasteiger partial charge in [-0.1, -0.05) is 6.07 Å². The molecule has 1 aliphatic rings. The van der Waals surface area contributed by atoms with E-state index >= 15 is 0 Å². The van der Waals surface area contributed by atoms with Gasteiger partial charge in [0, 0.05) is 12.4 Å². The standard InChI is InChI=1S/C19H16N4O3/c1-10-13(12-4-5-16(20)22-9-12)6-7-23-17(10)14(11-2-3-11)8-15(18(23)24)19(25)26-21/h6-9,11H,2-3,21H2,1H3,(H2,20,22). The van der Waals surface area contributed by atoms with E-state index in [1.54, 1.807) is 24.5 Å². The number of aromatic nitrogens is 2. The van der Waals surface area contributed by atoms with E-state index in [-0.39, 0.29) is 11.4 Å². The Morgan fingerprint density at radius 1 is 1.38 bits per heavy atom. The highest BCUT2D eigenvalue weighted by atomic mass is 16.7. The molecule has 130 valence electrons. The summed E-state index contributed by atoms with van der Waals surface area (Å²) in [4.78, 5) is 33.0. The van der Waals surface area contributed by atoms with Crippen molar-refractivity contribution in [2.24, 2.45) is 5.90 Å². The van der Waals surface area contributed by atoms with Crippen LogP contribution in [0.5, 0.6) is 0 Å². The van der Waals surface area contributed by atoms with Crippen molar-refractivity contribution in [2.75, 3.05) is 5.73 Å². The third-order valence-electron chi connectivity index (χ3n) is 4.71. The topological polar surface area (TPSA) is 113 Å². The normalized spacial score (nSPS) is 13.5. The minimum Gasteiger partial charge on any atom is -0.377 e. The van der Waals surface area contributed by atoms with Crippen LogP contribution >= 0.6 is 0 Å². The molecule has 26 heavy (non-hydrogen) atoms. The van der Waals surface area contributed by atoms with E-state index in [9.17, 15) is 9.59 Å². The lowest BCUT2D eigenvalue weighted by Gasteiger charge is -2.14. The second-order valence-electron chi connectivity index (χ2n) is 6.38. The lowest BCUT2D eigenvalue weighted by molar-refractivity contribution is 0.0501. The molecule has 1 saturated carbocycles. The minimum atomic E-state index is -0.835. The fourth-order valence-electron chi connectivity index (χ4n) is 3.27. The first-order chi connectivity index (χ1) is 12.5. The molecule has 7 heteroatoms. The highest BCUT2D eigenvalue weighted by Crippen LogP contribution is 2.43. The predicted octanol–water partition coefficient (Wildman–Crippen LogP) is 1.76. The van der Waals surface area contributed by atoms with Crippen molar-refractivity contribution >= 4 is 17.3 Å². The molecule has 0 aromatic carbocycles. The zero-order chi connectivity index (χ0) is 18.4. The molecule has 0 saturated heterocycles. The van der Waals surface area contributed by atoms with Crippen LogP contribution in [0.4, 0.5) is 5.82 Å². The summed E-state index contributed by atoms with van der Waals surface area (Å²) in [5.74, 6) is 4.72. The number of carbonyl (C=O) groups excluding carboxylic acids is 1. The Balaban J connectivity index is 2.02. The van der Waals surface area contributed by atoms with E-state index in [0.717, 1.165) is 40.6 Å². The molecule has 4 rings (SSSR count). The van der Waals surface area contributed by atoms with Crippen LogP contribution in [0.3, 0.4) is 0 Å². The first kappa shape index (κ1) is 16.1. The van der Waals surface area contributed by atoms with E-state index in [1.807, 2.05) is 6.92 Å². The first-order valence-electron chi connectivity index (χ1n) is 8.17. The number of carbonyl (C=O) groups is 1. The maximum atomic E-state index is 12.7. The van der Waals surface area contributed by atoms with Gasteiger partial charge in [-0.2, -0.15) is 5.90 Å². The Bertz CT molecular complexity index is 1080. The molecule has 3 heterocycles. The molecule has 0 atom stereocenters. The summed E-state index contributed by atoms with van der Waals surface area (Å²) in [6.45, 7) is 1.93. The molecule has 0 spiro atoms. The number of nitrogens with zero attached hydrogens (tertiary/aromatic N) is 2. The van der Waals surface area contributed by atoms with Crippen LogP contribution in [0.15, 0.2) is 29.3 Å². The third kappa shape index (κ3) is 2.48. The molecule has 1 fully saturated rings. The molecule has 4 N–H and O–H groups in total. The van der Waals surface area contributed by atoms with Crippen molar-refractivity contribution in [2.45, 2.75) is 25.7 Å². The quantitative estimate of drug-likeness (QED) is 0.697. The predicted molar refractivity (Wildman–Crippen MR) is 95.3 cm³/mol. The molecule has 0 amide bonds. The van der Waals surface area contributed by atoms with Gasteiger partial charge in [0.25, 0.3) is 5.56 Å². The summed E-state index contributed by atoms with van der Waals surface area (Å²) in [5, 5.41) is 0. The second-order valence-corrected chi connectivity index (χ2v) is 6.38. The fraction of sp³-hybridized carbons (Fsp3) is 0.211. The molecule has 0 aliphatic heterocycles. The molecule has 0 radical (unpaired) electrons. The van der Waals surface area contributed by atoms with Gasteiger partial charge in [-0.05, 0) is 60.6 Å². The van der Waals surface area contributed by atoms with E-state index in [2.05, 4.69) is 22.0 Å². The van der Waals surface area contributed by atoms with Gasteiger partial charge in [-0.15, -0.1) is 0 Å². The Kier molecular flexibility index (Phi) is 3.63. The van der Waals surface area contributed by atoms with Gasteiger partial charge in [0.2, 0.25) is 0 Å². The van der Waals surface area contributed by atoms with Crippen molar-refractivity contribution in [1.82, 2.24) is 9.38 Å². The number of nitrogen functional groups attached to an aromatic ring is 1. The van der Waals surface area contributed by atoms with E-state index in [0.29, 0.717) is 5.92 Å². The van der Waals surface area contributed by atoms with Crippen molar-refractivity contribution in [1.29, 1.82) is 0 Å². The summed E-state index contributed by atoms with van der Waals surface area (Å²) in [6, 6.07) is 9.15. The Morgan fingerprint density at radius 2 is 2.15 bits per heavy atom. The summed E-state index contributed by atoms with van der Waals surface area (Å²) < 4.78 is 1.48. The van der Waals surface area contributed by atoms with Crippen LogP contribution in [-0.4, -0.2) is 15.4 Å². The Morgan fingerprint density at radius 3 is 2.77 bits per heavy atom. The monoisotopic (exact) mass is 348 g/mol. The van der Waals surface area contributed by atoms with Crippen LogP contribution < -0.4 is 17.2 Å². The van der Waals surface area contributed by atoms with Gasteiger partial charge in [-0.25, -0.2) is 9.78 Å². The highest BCUT2D eigenvalue weighted by Gasteiger charge is 2.29. The summed E-state index contributed by atoms with van der Waals surface area (Å²) in [5.41, 5.74) is 9.31. The molecular weight excluding hydrogens is 332 g/mol. The molecule has 3 aromatic rings. The molecule has 0 bridgehead atoms. The summed E-state index contributed by atoms with van der Waals surface area (Å²) in [6.07, 6.45) is 5.29. The number of nitrogens with two attached hydrogens (primary N) is 2. The lowest BCUT2D eigenvalue weighted by atomic mass is 9.98. The van der Waals surface area contributed by atoms with Gasteiger partial charge in [-0.3, -0.25) is 9.20 Å². The maximum absolute atomic E-state index is 12.7. The highest BCUT2D eigenvalue weighted by molar-refractivity contribution is 5.90. The van der Waals surface area contributed by atoms with Crippen LogP contribution in [0.2, 0.25) is 0 Å². The second kappa shape index (κ2) is 5.86. The average molecular weight is 348 g/mol. The summed E-state index contributed by atoms with van der Waals surface area (Å²) in [7, 11) is 0. The van der Waals surface area contributed by atoms with Gasteiger partial charge in [0.1, 0.15) is 5.56 Å². The Hall–Kier alpha value is -3.37. The van der Waals surface area contributed by atoms with Gasteiger partial charge >= 0.3 is 5.97 Å². The fourth-order valence-corrected chi connectivity index (χ4v) is 3.27. The molecule has 7 nitrogen and oxygen atoms in total. The first-order valence-corrected chi connectivity index (χ1v) is 8.17. The number of rotatable bonds is 3. The lowest BCUT2D eigenvalue weighted by Crippen LogP contribution is -2.26. The van der Waals surface area contributed by atoms with Crippen molar-refractivity contribution < 1.29 is 9.63 Å². The number of aryl methyl sites for hydroxylation is 1.